The molecule has 0 amide bonds. The van der Waals surface area contributed by atoms with E-state index >= 15 is 0 Å². The van der Waals surface area contributed by atoms with Gasteiger partial charge >= 0.3 is 0 Å². The maximum absolute atomic E-state index is 14.1. The van der Waals surface area contributed by atoms with Crippen LogP contribution in [-0.4, -0.2) is 42.4 Å². The van der Waals surface area contributed by atoms with Crippen molar-refractivity contribution in [2.75, 3.05) is 18.0 Å². The predicted molar refractivity (Wildman–Crippen MR) is 95.5 cm³/mol. The highest BCUT2D eigenvalue weighted by molar-refractivity contribution is 5.40. The predicted octanol–water partition coefficient (Wildman–Crippen LogP) is 2.29. The smallest absolute Gasteiger partial charge is 0.165 e. The molecule has 0 aliphatic carbocycles. The number of hydrogen-bond donors (Lipinski definition) is 0. The molecule has 26 heavy (non-hydrogen) atoms. The fraction of sp³-hybridized carbons (Fsp3) is 0.444. The molecular weight excluding hydrogens is 333 g/mol. The molecule has 0 radical (unpaired) electrons. The van der Waals surface area contributed by atoms with E-state index in [1.807, 2.05) is 29.6 Å². The van der Waals surface area contributed by atoms with E-state index in [1.54, 1.807) is 18.5 Å². The van der Waals surface area contributed by atoms with Gasteiger partial charge < -0.3 is 14.0 Å². The molecule has 1 unspecified atom stereocenters. The van der Waals surface area contributed by atoms with E-state index < -0.39 is 0 Å². The van der Waals surface area contributed by atoms with Crippen LogP contribution >= 0.6 is 0 Å². The third-order valence-electron chi connectivity index (χ3n) is 5.06. The normalized spacial score (nSPS) is 17.7. The molecular formula is C18H22FN7. The molecule has 0 aromatic carbocycles. The second-order valence-corrected chi connectivity index (χ2v) is 6.73. The van der Waals surface area contributed by atoms with Crippen LogP contribution in [0, 0.1) is 12.7 Å². The number of aromatic nitrogens is 6. The molecule has 0 N–H and O–H groups in total. The molecule has 4 heterocycles. The van der Waals surface area contributed by atoms with Gasteiger partial charge in [-0.1, -0.05) is 0 Å². The van der Waals surface area contributed by atoms with Crippen molar-refractivity contribution in [1.82, 2.24) is 29.3 Å². The lowest BCUT2D eigenvalue weighted by Crippen LogP contribution is -2.36. The molecule has 0 saturated carbocycles. The number of nitrogens with zero attached hydrogens (tertiary/aromatic N) is 7. The number of pyridine rings is 1. The summed E-state index contributed by atoms with van der Waals surface area (Å²) >= 11 is 0. The number of rotatable bonds is 4. The Morgan fingerprint density at radius 1 is 1.23 bits per heavy atom. The van der Waals surface area contributed by atoms with Gasteiger partial charge in [0.15, 0.2) is 17.5 Å². The standard InChI is InChI=1S/C18H22FN7/c1-13-20-8-10-25(13)12-16-22-23-17(24(16)2)14-5-4-9-26(11-14)18-15(19)6-3-7-21-18/h3,6-8,10,14H,4-5,9,11-12H2,1-2H3. The second kappa shape index (κ2) is 6.86. The first kappa shape index (κ1) is 16.7. The van der Waals surface area contributed by atoms with Crippen molar-refractivity contribution in [2.24, 2.45) is 7.05 Å². The van der Waals surface area contributed by atoms with Crippen molar-refractivity contribution in [1.29, 1.82) is 0 Å². The second-order valence-electron chi connectivity index (χ2n) is 6.73. The molecule has 3 aromatic rings. The van der Waals surface area contributed by atoms with Crippen LogP contribution in [-0.2, 0) is 13.6 Å². The average molecular weight is 355 g/mol. The van der Waals surface area contributed by atoms with Crippen molar-refractivity contribution in [3.05, 3.63) is 54.0 Å². The Labute approximate surface area is 151 Å². The molecule has 7 nitrogen and oxygen atoms in total. The van der Waals surface area contributed by atoms with E-state index in [0.29, 0.717) is 18.9 Å². The number of halogens is 1. The summed E-state index contributed by atoms with van der Waals surface area (Å²) in [6.45, 7) is 4.12. The lowest BCUT2D eigenvalue weighted by atomic mass is 9.97. The minimum Gasteiger partial charge on any atom is -0.353 e. The van der Waals surface area contributed by atoms with E-state index in [1.165, 1.54) is 6.07 Å². The highest BCUT2D eigenvalue weighted by Crippen LogP contribution is 2.29. The fourth-order valence-corrected chi connectivity index (χ4v) is 3.58. The lowest BCUT2D eigenvalue weighted by Gasteiger charge is -2.33. The van der Waals surface area contributed by atoms with Crippen LogP contribution in [0.5, 0.6) is 0 Å². The average Bonchev–Trinajstić information content (AvgIpc) is 3.22. The Hall–Kier alpha value is -2.77. The summed E-state index contributed by atoms with van der Waals surface area (Å²) in [5.41, 5.74) is 0. The quantitative estimate of drug-likeness (QED) is 0.718. The Morgan fingerprint density at radius 2 is 2.12 bits per heavy atom. The first-order valence-corrected chi connectivity index (χ1v) is 8.85. The molecule has 1 aliphatic rings. The van der Waals surface area contributed by atoms with Crippen molar-refractivity contribution in [3.63, 3.8) is 0 Å². The highest BCUT2D eigenvalue weighted by Gasteiger charge is 2.27. The van der Waals surface area contributed by atoms with Crippen molar-refractivity contribution >= 4 is 5.82 Å². The fourth-order valence-electron chi connectivity index (χ4n) is 3.58. The van der Waals surface area contributed by atoms with E-state index in [0.717, 1.165) is 36.9 Å². The molecule has 0 spiro atoms. The van der Waals surface area contributed by atoms with Gasteiger partial charge in [-0.05, 0) is 31.9 Å². The molecule has 1 fully saturated rings. The summed E-state index contributed by atoms with van der Waals surface area (Å²) in [7, 11) is 2.00. The van der Waals surface area contributed by atoms with Crippen molar-refractivity contribution in [3.8, 4) is 0 Å². The maximum atomic E-state index is 14.1. The molecule has 4 rings (SSSR count). The molecule has 136 valence electrons. The van der Waals surface area contributed by atoms with Gasteiger partial charge in [-0.15, -0.1) is 10.2 Å². The van der Waals surface area contributed by atoms with Crippen molar-refractivity contribution < 1.29 is 4.39 Å². The van der Waals surface area contributed by atoms with Gasteiger partial charge in [0, 0.05) is 44.6 Å². The summed E-state index contributed by atoms with van der Waals surface area (Å²) < 4.78 is 18.2. The first-order chi connectivity index (χ1) is 12.6. The first-order valence-electron chi connectivity index (χ1n) is 8.85. The van der Waals surface area contributed by atoms with Crippen LogP contribution in [0.2, 0.25) is 0 Å². The Balaban J connectivity index is 1.54. The van der Waals surface area contributed by atoms with E-state index in [9.17, 15) is 4.39 Å². The van der Waals surface area contributed by atoms with Gasteiger partial charge in [0.05, 0.1) is 6.54 Å². The number of imidazole rings is 1. The number of anilines is 1. The Morgan fingerprint density at radius 3 is 2.88 bits per heavy atom. The van der Waals surface area contributed by atoms with Crippen LogP contribution < -0.4 is 4.90 Å². The highest BCUT2D eigenvalue weighted by atomic mass is 19.1. The molecule has 3 aromatic heterocycles. The zero-order valence-corrected chi connectivity index (χ0v) is 15.0. The third-order valence-corrected chi connectivity index (χ3v) is 5.06. The lowest BCUT2D eigenvalue weighted by molar-refractivity contribution is 0.469. The minimum atomic E-state index is -0.276. The Kier molecular flexibility index (Phi) is 4.40. The van der Waals surface area contributed by atoms with Gasteiger partial charge in [-0.25, -0.2) is 14.4 Å². The van der Waals surface area contributed by atoms with Crippen LogP contribution in [0.1, 0.15) is 36.2 Å². The van der Waals surface area contributed by atoms with Crippen LogP contribution in [0.15, 0.2) is 30.7 Å². The topological polar surface area (TPSA) is 64.7 Å². The number of hydrogen-bond acceptors (Lipinski definition) is 5. The zero-order valence-electron chi connectivity index (χ0n) is 15.0. The molecule has 0 bridgehead atoms. The van der Waals surface area contributed by atoms with Crippen LogP contribution in [0.25, 0.3) is 0 Å². The van der Waals surface area contributed by atoms with Crippen LogP contribution in [0.4, 0.5) is 10.2 Å². The minimum absolute atomic E-state index is 0.209. The third kappa shape index (κ3) is 3.07. The monoisotopic (exact) mass is 355 g/mol. The maximum Gasteiger partial charge on any atom is 0.165 e. The van der Waals surface area contributed by atoms with Crippen molar-refractivity contribution in [2.45, 2.75) is 32.2 Å². The summed E-state index contributed by atoms with van der Waals surface area (Å²) in [4.78, 5) is 10.5. The van der Waals surface area contributed by atoms with Gasteiger partial charge in [0.2, 0.25) is 0 Å². The van der Waals surface area contributed by atoms with Gasteiger partial charge in [0.1, 0.15) is 11.6 Å². The SMILES string of the molecule is Cc1nccn1Cc1nnc(C2CCCN(c3ncccc3F)C2)n1C. The summed E-state index contributed by atoms with van der Waals surface area (Å²) in [5.74, 6) is 3.14. The molecule has 8 heteroatoms. The Bertz CT molecular complexity index is 901. The van der Waals surface area contributed by atoms with Gasteiger partial charge in [0.25, 0.3) is 0 Å². The number of piperidine rings is 1. The van der Waals surface area contributed by atoms with E-state index in [-0.39, 0.29) is 11.7 Å². The van der Waals surface area contributed by atoms with Gasteiger partial charge in [-0.3, -0.25) is 0 Å². The molecule has 1 aliphatic heterocycles. The molecule has 1 saturated heterocycles. The number of aryl methyl sites for hydroxylation is 1. The van der Waals surface area contributed by atoms with E-state index in [2.05, 4.69) is 24.7 Å². The zero-order chi connectivity index (χ0) is 18.1. The van der Waals surface area contributed by atoms with Crippen LogP contribution in [0.3, 0.4) is 0 Å². The summed E-state index contributed by atoms with van der Waals surface area (Å²) in [5, 5.41) is 8.82. The summed E-state index contributed by atoms with van der Waals surface area (Å²) in [6, 6.07) is 3.08. The van der Waals surface area contributed by atoms with E-state index in [4.69, 9.17) is 0 Å². The molecule has 1 atom stereocenters. The largest absolute Gasteiger partial charge is 0.353 e. The van der Waals surface area contributed by atoms with Gasteiger partial charge in [-0.2, -0.15) is 0 Å². The summed E-state index contributed by atoms with van der Waals surface area (Å²) in [6.07, 6.45) is 7.35.